The van der Waals surface area contributed by atoms with Gasteiger partial charge >= 0.3 is 0 Å². The molecule has 0 fully saturated rings. The number of ether oxygens (including phenoxy) is 1. The summed E-state index contributed by atoms with van der Waals surface area (Å²) in [5, 5.41) is 6.74. The highest BCUT2D eigenvalue weighted by atomic mass is 32.2. The molecule has 0 saturated carbocycles. The number of thioether (sulfide) groups is 1. The van der Waals surface area contributed by atoms with Gasteiger partial charge in [-0.2, -0.15) is 11.8 Å². The lowest BCUT2D eigenvalue weighted by Crippen LogP contribution is -2.17. The molecular formula is C17H23NOS. The molecule has 108 valence electrons. The average Bonchev–Trinajstić information content (AvgIpc) is 2.50. The predicted molar refractivity (Wildman–Crippen MR) is 89.8 cm³/mol. The number of methoxy groups -OCH3 is 1. The van der Waals surface area contributed by atoms with Crippen LogP contribution in [0.5, 0.6) is 5.75 Å². The van der Waals surface area contributed by atoms with E-state index in [2.05, 4.69) is 48.8 Å². The van der Waals surface area contributed by atoms with Crippen LogP contribution in [0.4, 0.5) is 0 Å². The third kappa shape index (κ3) is 4.15. The van der Waals surface area contributed by atoms with Crippen LogP contribution in [-0.4, -0.2) is 25.2 Å². The minimum Gasteiger partial charge on any atom is -0.497 e. The predicted octanol–water partition coefficient (Wildman–Crippen LogP) is 4.08. The van der Waals surface area contributed by atoms with Crippen molar-refractivity contribution < 1.29 is 4.74 Å². The molecule has 0 heterocycles. The van der Waals surface area contributed by atoms with E-state index in [4.69, 9.17) is 4.74 Å². The summed E-state index contributed by atoms with van der Waals surface area (Å²) in [5.74, 6) is 0.912. The zero-order valence-corrected chi connectivity index (χ0v) is 13.3. The van der Waals surface area contributed by atoms with Crippen molar-refractivity contribution in [1.82, 2.24) is 5.32 Å². The van der Waals surface area contributed by atoms with Crippen molar-refractivity contribution in [1.29, 1.82) is 0 Å². The van der Waals surface area contributed by atoms with E-state index < -0.39 is 0 Å². The first-order valence-corrected chi connectivity index (χ1v) is 8.32. The van der Waals surface area contributed by atoms with Crippen LogP contribution in [0.15, 0.2) is 36.4 Å². The van der Waals surface area contributed by atoms with Gasteiger partial charge in [0.05, 0.1) is 7.11 Å². The zero-order valence-electron chi connectivity index (χ0n) is 12.5. The summed E-state index contributed by atoms with van der Waals surface area (Å²) in [4.78, 5) is 0. The van der Waals surface area contributed by atoms with Gasteiger partial charge in [-0.1, -0.05) is 25.1 Å². The Bertz CT molecular complexity index is 556. The van der Waals surface area contributed by atoms with Crippen molar-refractivity contribution in [3.63, 3.8) is 0 Å². The highest BCUT2D eigenvalue weighted by Crippen LogP contribution is 2.21. The Morgan fingerprint density at radius 2 is 1.90 bits per heavy atom. The zero-order chi connectivity index (χ0) is 14.4. The second kappa shape index (κ2) is 7.55. The summed E-state index contributed by atoms with van der Waals surface area (Å²) in [6.45, 7) is 4.28. The molecule has 0 amide bonds. The number of fused-ring (bicyclic) bond motifs is 1. The van der Waals surface area contributed by atoms with Crippen LogP contribution < -0.4 is 10.1 Å². The van der Waals surface area contributed by atoms with Gasteiger partial charge in [0.25, 0.3) is 0 Å². The summed E-state index contributed by atoms with van der Waals surface area (Å²) in [7, 11) is 1.70. The Balaban J connectivity index is 1.94. The highest BCUT2D eigenvalue weighted by molar-refractivity contribution is 7.99. The largest absolute Gasteiger partial charge is 0.497 e. The molecule has 0 aromatic heterocycles. The van der Waals surface area contributed by atoms with E-state index >= 15 is 0 Å². The fraction of sp³-hybridized carbons (Fsp3) is 0.412. The van der Waals surface area contributed by atoms with E-state index in [-0.39, 0.29) is 0 Å². The Morgan fingerprint density at radius 3 is 2.65 bits per heavy atom. The quantitative estimate of drug-likeness (QED) is 0.776. The standard InChI is InChI=1S/C17H23NOS/c1-13(20-3)8-9-18-12-14-4-5-16-11-17(19-2)7-6-15(16)10-14/h4-7,10-11,13,18H,8-9,12H2,1-3H3. The molecule has 1 unspecified atom stereocenters. The lowest BCUT2D eigenvalue weighted by molar-refractivity contribution is 0.415. The van der Waals surface area contributed by atoms with Crippen molar-refractivity contribution in [3.8, 4) is 5.75 Å². The number of benzene rings is 2. The minimum atomic E-state index is 0.728. The molecule has 20 heavy (non-hydrogen) atoms. The molecule has 0 aliphatic carbocycles. The van der Waals surface area contributed by atoms with Gasteiger partial charge in [0.2, 0.25) is 0 Å². The Morgan fingerprint density at radius 1 is 1.15 bits per heavy atom. The van der Waals surface area contributed by atoms with Gasteiger partial charge < -0.3 is 10.1 Å². The van der Waals surface area contributed by atoms with Crippen LogP contribution in [0.1, 0.15) is 18.9 Å². The van der Waals surface area contributed by atoms with E-state index in [1.165, 1.54) is 22.8 Å². The smallest absolute Gasteiger partial charge is 0.119 e. The molecule has 0 saturated heterocycles. The van der Waals surface area contributed by atoms with Gasteiger partial charge in [0.15, 0.2) is 0 Å². The first-order valence-electron chi connectivity index (χ1n) is 7.03. The molecule has 0 spiro atoms. The minimum absolute atomic E-state index is 0.728. The average molecular weight is 289 g/mol. The summed E-state index contributed by atoms with van der Waals surface area (Å²) in [6.07, 6.45) is 3.38. The van der Waals surface area contributed by atoms with Crippen LogP contribution in [0.3, 0.4) is 0 Å². The summed E-state index contributed by atoms with van der Waals surface area (Å²) >= 11 is 1.92. The second-order valence-electron chi connectivity index (χ2n) is 5.06. The molecule has 1 atom stereocenters. The molecule has 2 rings (SSSR count). The summed E-state index contributed by atoms with van der Waals surface area (Å²) < 4.78 is 5.25. The second-order valence-corrected chi connectivity index (χ2v) is 6.34. The Kier molecular flexibility index (Phi) is 5.74. The van der Waals surface area contributed by atoms with E-state index in [1.54, 1.807) is 7.11 Å². The lowest BCUT2D eigenvalue weighted by atomic mass is 10.1. The molecule has 1 N–H and O–H groups in total. The Labute approximate surface area is 125 Å². The van der Waals surface area contributed by atoms with Gasteiger partial charge in [-0.25, -0.2) is 0 Å². The number of rotatable bonds is 7. The molecule has 0 aliphatic heterocycles. The molecular weight excluding hydrogens is 266 g/mol. The maximum absolute atomic E-state index is 5.25. The van der Waals surface area contributed by atoms with Gasteiger partial charge in [-0.15, -0.1) is 0 Å². The normalized spacial score (nSPS) is 12.6. The first-order chi connectivity index (χ1) is 9.72. The topological polar surface area (TPSA) is 21.3 Å². The monoisotopic (exact) mass is 289 g/mol. The lowest BCUT2D eigenvalue weighted by Gasteiger charge is -2.10. The van der Waals surface area contributed by atoms with E-state index in [9.17, 15) is 0 Å². The van der Waals surface area contributed by atoms with Crippen LogP contribution in [0.2, 0.25) is 0 Å². The van der Waals surface area contributed by atoms with Crippen molar-refractivity contribution in [2.75, 3.05) is 19.9 Å². The fourth-order valence-electron chi connectivity index (χ4n) is 2.17. The van der Waals surface area contributed by atoms with Crippen LogP contribution in [-0.2, 0) is 6.54 Å². The summed E-state index contributed by atoms with van der Waals surface area (Å²) in [5.41, 5.74) is 1.33. The van der Waals surface area contributed by atoms with Crippen molar-refractivity contribution in [3.05, 3.63) is 42.0 Å². The third-order valence-corrected chi connectivity index (χ3v) is 4.61. The molecule has 2 aromatic rings. The number of hydrogen-bond donors (Lipinski definition) is 1. The first kappa shape index (κ1) is 15.2. The van der Waals surface area contributed by atoms with Crippen LogP contribution in [0, 0.1) is 0 Å². The molecule has 3 heteroatoms. The molecule has 2 nitrogen and oxygen atoms in total. The van der Waals surface area contributed by atoms with Gasteiger partial charge in [0.1, 0.15) is 5.75 Å². The van der Waals surface area contributed by atoms with E-state index in [0.29, 0.717) is 0 Å². The fourth-order valence-corrected chi connectivity index (χ4v) is 2.52. The van der Waals surface area contributed by atoms with E-state index in [0.717, 1.165) is 24.1 Å². The Hall–Kier alpha value is -1.19. The van der Waals surface area contributed by atoms with Crippen LogP contribution >= 0.6 is 11.8 Å². The molecule has 0 radical (unpaired) electrons. The molecule has 2 aromatic carbocycles. The number of hydrogen-bond acceptors (Lipinski definition) is 3. The van der Waals surface area contributed by atoms with Crippen molar-refractivity contribution >= 4 is 22.5 Å². The highest BCUT2D eigenvalue weighted by Gasteiger charge is 2.01. The van der Waals surface area contributed by atoms with Gasteiger partial charge in [0, 0.05) is 11.8 Å². The maximum atomic E-state index is 5.25. The van der Waals surface area contributed by atoms with Gasteiger partial charge in [-0.3, -0.25) is 0 Å². The number of nitrogens with one attached hydrogen (secondary N) is 1. The molecule has 0 aliphatic rings. The SMILES string of the molecule is COc1ccc2cc(CNCCC(C)SC)ccc2c1. The molecule has 0 bridgehead atoms. The summed E-state index contributed by atoms with van der Waals surface area (Å²) in [6, 6.07) is 12.8. The third-order valence-electron chi connectivity index (χ3n) is 3.57. The van der Waals surface area contributed by atoms with Crippen molar-refractivity contribution in [2.24, 2.45) is 0 Å². The van der Waals surface area contributed by atoms with Crippen LogP contribution in [0.25, 0.3) is 10.8 Å². The van der Waals surface area contributed by atoms with E-state index in [1.807, 2.05) is 17.8 Å². The van der Waals surface area contributed by atoms with Gasteiger partial charge in [-0.05, 0) is 53.8 Å². The maximum Gasteiger partial charge on any atom is 0.119 e. The van der Waals surface area contributed by atoms with Crippen molar-refractivity contribution in [2.45, 2.75) is 25.1 Å².